The molecule has 1 aliphatic carbocycles. The minimum Gasteiger partial charge on any atom is -0.496 e. The van der Waals surface area contributed by atoms with E-state index in [0.29, 0.717) is 29.0 Å². The third-order valence-electron chi connectivity index (χ3n) is 3.02. The number of nitrogens with one attached hydrogen (secondary N) is 1. The highest BCUT2D eigenvalue weighted by atomic mass is 35.5. The number of carbonyl (C=O) groups is 1. The minimum atomic E-state index is -0.573. The van der Waals surface area contributed by atoms with Gasteiger partial charge in [0.1, 0.15) is 11.8 Å². The van der Waals surface area contributed by atoms with Crippen LogP contribution in [0.3, 0.4) is 0 Å². The molecule has 0 saturated heterocycles. The first-order valence-corrected chi connectivity index (χ1v) is 6.80. The van der Waals surface area contributed by atoms with Crippen molar-refractivity contribution in [2.24, 2.45) is 0 Å². The Morgan fingerprint density at radius 3 is 2.84 bits per heavy atom. The van der Waals surface area contributed by atoms with Gasteiger partial charge in [-0.3, -0.25) is 5.32 Å². The van der Waals surface area contributed by atoms with Gasteiger partial charge in [-0.25, -0.2) is 4.79 Å². The molecule has 1 aromatic rings. The Kier molecular flexibility index (Phi) is 4.66. The Morgan fingerprint density at radius 2 is 2.26 bits per heavy atom. The summed E-state index contributed by atoms with van der Waals surface area (Å²) in [7, 11) is 1.56. The normalized spacial score (nSPS) is 15.9. The highest BCUT2D eigenvalue weighted by Crippen LogP contribution is 2.35. The predicted octanol–water partition coefficient (Wildman–Crippen LogP) is 2.70. The van der Waals surface area contributed by atoms with E-state index in [-0.39, 0.29) is 5.97 Å². The monoisotopic (exact) mass is 283 g/mol. The Morgan fingerprint density at radius 1 is 1.53 bits per heavy atom. The number of hydrogen-bond donors (Lipinski definition) is 1. The van der Waals surface area contributed by atoms with Crippen LogP contribution < -0.4 is 10.1 Å². The molecule has 1 unspecified atom stereocenters. The lowest BCUT2D eigenvalue weighted by molar-refractivity contribution is -0.146. The molecule has 1 atom stereocenters. The maximum atomic E-state index is 12.1. The molecule has 0 aromatic heterocycles. The predicted molar refractivity (Wildman–Crippen MR) is 73.5 cm³/mol. The number of halogens is 1. The molecule has 1 aromatic carbocycles. The third kappa shape index (κ3) is 3.39. The zero-order valence-corrected chi connectivity index (χ0v) is 11.9. The van der Waals surface area contributed by atoms with Crippen LogP contribution in [0.2, 0.25) is 5.02 Å². The van der Waals surface area contributed by atoms with E-state index in [0.717, 1.165) is 12.8 Å². The molecule has 0 aliphatic heterocycles. The highest BCUT2D eigenvalue weighted by Gasteiger charge is 2.33. The highest BCUT2D eigenvalue weighted by molar-refractivity contribution is 6.31. The number of benzene rings is 1. The topological polar surface area (TPSA) is 47.6 Å². The standard InChI is InChI=1S/C14H18ClNO3/c1-3-19-14(17)13(16-9-7-8-9)12-10(15)5-4-6-11(12)18-2/h4-6,9,13,16H,3,7-8H2,1-2H3. The van der Waals surface area contributed by atoms with Gasteiger partial charge in [-0.2, -0.15) is 0 Å². The summed E-state index contributed by atoms with van der Waals surface area (Å²) in [5, 5.41) is 3.77. The SMILES string of the molecule is CCOC(=O)C(NC1CC1)c1c(Cl)cccc1OC. The van der Waals surface area contributed by atoms with Crippen LogP contribution in [0.25, 0.3) is 0 Å². The van der Waals surface area contributed by atoms with Gasteiger partial charge >= 0.3 is 5.97 Å². The number of esters is 1. The van der Waals surface area contributed by atoms with Crippen molar-refractivity contribution in [2.45, 2.75) is 31.8 Å². The summed E-state index contributed by atoms with van der Waals surface area (Å²) in [6.07, 6.45) is 2.14. The first-order valence-electron chi connectivity index (χ1n) is 6.42. The molecular formula is C14H18ClNO3. The zero-order chi connectivity index (χ0) is 13.8. The molecular weight excluding hydrogens is 266 g/mol. The van der Waals surface area contributed by atoms with Crippen molar-refractivity contribution in [1.29, 1.82) is 0 Å². The molecule has 1 aliphatic rings. The number of methoxy groups -OCH3 is 1. The van der Waals surface area contributed by atoms with Crippen LogP contribution in [0, 0.1) is 0 Å². The lowest BCUT2D eigenvalue weighted by Crippen LogP contribution is -2.32. The molecule has 4 nitrogen and oxygen atoms in total. The largest absolute Gasteiger partial charge is 0.496 e. The van der Waals surface area contributed by atoms with E-state index < -0.39 is 6.04 Å². The van der Waals surface area contributed by atoms with E-state index in [4.69, 9.17) is 21.1 Å². The first-order chi connectivity index (χ1) is 9.17. The fourth-order valence-electron chi connectivity index (χ4n) is 1.96. The molecule has 0 bridgehead atoms. The van der Waals surface area contributed by atoms with Crippen molar-refractivity contribution in [2.75, 3.05) is 13.7 Å². The van der Waals surface area contributed by atoms with E-state index in [1.807, 2.05) is 0 Å². The number of hydrogen-bond acceptors (Lipinski definition) is 4. The van der Waals surface area contributed by atoms with E-state index >= 15 is 0 Å². The smallest absolute Gasteiger partial charge is 0.327 e. The van der Waals surface area contributed by atoms with Crippen molar-refractivity contribution < 1.29 is 14.3 Å². The van der Waals surface area contributed by atoms with Gasteiger partial charge in [0.25, 0.3) is 0 Å². The van der Waals surface area contributed by atoms with Gasteiger partial charge < -0.3 is 9.47 Å². The molecule has 1 N–H and O–H groups in total. The summed E-state index contributed by atoms with van der Waals surface area (Å²) < 4.78 is 10.4. The van der Waals surface area contributed by atoms with Crippen LogP contribution in [0.5, 0.6) is 5.75 Å². The zero-order valence-electron chi connectivity index (χ0n) is 11.1. The van der Waals surface area contributed by atoms with Crippen LogP contribution in [0.4, 0.5) is 0 Å². The summed E-state index contributed by atoms with van der Waals surface area (Å²) in [5.41, 5.74) is 0.650. The second-order valence-electron chi connectivity index (χ2n) is 4.48. The number of ether oxygens (including phenoxy) is 2. The molecule has 2 rings (SSSR count). The van der Waals surface area contributed by atoms with Crippen LogP contribution in [0.15, 0.2) is 18.2 Å². The van der Waals surface area contributed by atoms with E-state index in [2.05, 4.69) is 5.32 Å². The Labute approximate surface area is 118 Å². The molecule has 0 amide bonds. The second-order valence-corrected chi connectivity index (χ2v) is 4.89. The maximum Gasteiger partial charge on any atom is 0.327 e. The molecule has 1 fully saturated rings. The van der Waals surface area contributed by atoms with Crippen molar-refractivity contribution >= 4 is 17.6 Å². The van der Waals surface area contributed by atoms with Crippen LogP contribution in [0.1, 0.15) is 31.4 Å². The molecule has 0 heterocycles. The summed E-state index contributed by atoms with van der Waals surface area (Å²) in [5.74, 6) is 0.277. The average molecular weight is 284 g/mol. The fourth-order valence-corrected chi connectivity index (χ4v) is 2.23. The van der Waals surface area contributed by atoms with E-state index in [1.165, 1.54) is 0 Å². The summed E-state index contributed by atoms with van der Waals surface area (Å²) in [6, 6.07) is 5.12. The number of rotatable bonds is 6. The maximum absolute atomic E-state index is 12.1. The lowest BCUT2D eigenvalue weighted by Gasteiger charge is -2.20. The molecule has 104 valence electrons. The Balaban J connectivity index is 2.33. The van der Waals surface area contributed by atoms with Gasteiger partial charge in [-0.05, 0) is 31.9 Å². The number of carbonyl (C=O) groups excluding carboxylic acids is 1. The molecule has 19 heavy (non-hydrogen) atoms. The molecule has 0 spiro atoms. The quantitative estimate of drug-likeness (QED) is 0.816. The molecule has 5 heteroatoms. The van der Waals surface area contributed by atoms with E-state index in [1.54, 1.807) is 32.2 Å². The van der Waals surface area contributed by atoms with Crippen LogP contribution in [-0.4, -0.2) is 25.7 Å². The van der Waals surface area contributed by atoms with Crippen molar-refractivity contribution in [3.63, 3.8) is 0 Å². The average Bonchev–Trinajstić information content (AvgIpc) is 3.20. The van der Waals surface area contributed by atoms with Gasteiger partial charge in [0.2, 0.25) is 0 Å². The molecule has 0 radical (unpaired) electrons. The summed E-state index contributed by atoms with van der Waals surface area (Å²) in [6.45, 7) is 2.13. The van der Waals surface area contributed by atoms with Gasteiger partial charge in [0.15, 0.2) is 0 Å². The Hall–Kier alpha value is -1.26. The van der Waals surface area contributed by atoms with Crippen molar-refractivity contribution in [3.8, 4) is 5.75 Å². The van der Waals surface area contributed by atoms with Gasteiger partial charge in [-0.1, -0.05) is 17.7 Å². The minimum absolute atomic E-state index is 0.319. The van der Waals surface area contributed by atoms with Crippen LogP contribution >= 0.6 is 11.6 Å². The lowest BCUT2D eigenvalue weighted by atomic mass is 10.1. The van der Waals surface area contributed by atoms with Crippen molar-refractivity contribution in [1.82, 2.24) is 5.32 Å². The summed E-state index contributed by atoms with van der Waals surface area (Å²) >= 11 is 6.22. The van der Waals surface area contributed by atoms with E-state index in [9.17, 15) is 4.79 Å². The van der Waals surface area contributed by atoms with Gasteiger partial charge in [0, 0.05) is 16.6 Å². The second kappa shape index (κ2) is 6.26. The van der Waals surface area contributed by atoms with Gasteiger partial charge in [-0.15, -0.1) is 0 Å². The third-order valence-corrected chi connectivity index (χ3v) is 3.35. The molecule has 1 saturated carbocycles. The van der Waals surface area contributed by atoms with Crippen LogP contribution in [-0.2, 0) is 9.53 Å². The summed E-state index contributed by atoms with van der Waals surface area (Å²) in [4.78, 5) is 12.1. The van der Waals surface area contributed by atoms with Crippen molar-refractivity contribution in [3.05, 3.63) is 28.8 Å². The van der Waals surface area contributed by atoms with Gasteiger partial charge in [0.05, 0.1) is 13.7 Å². The Bertz CT molecular complexity index is 460. The fraction of sp³-hybridized carbons (Fsp3) is 0.500. The first kappa shape index (κ1) is 14.2.